The van der Waals surface area contributed by atoms with E-state index in [0.29, 0.717) is 5.92 Å². The standard InChI is InChI=1S/C10H19NO/c1-2-3-4-6-9-7-5-8-10(9)11-12/h9,12H,2-8H2,1H3/b11-10+. The highest BCUT2D eigenvalue weighted by molar-refractivity contribution is 5.87. The molecule has 0 aromatic rings. The van der Waals surface area contributed by atoms with Gasteiger partial charge in [-0.25, -0.2) is 0 Å². The molecule has 0 saturated heterocycles. The number of nitrogens with zero attached hydrogens (tertiary/aromatic N) is 1. The van der Waals surface area contributed by atoms with Gasteiger partial charge in [0.2, 0.25) is 0 Å². The predicted octanol–water partition coefficient (Wildman–Crippen LogP) is 3.20. The zero-order valence-electron chi connectivity index (χ0n) is 7.92. The van der Waals surface area contributed by atoms with Crippen molar-refractivity contribution in [2.45, 2.75) is 51.9 Å². The molecule has 0 spiro atoms. The van der Waals surface area contributed by atoms with Crippen LogP contribution < -0.4 is 0 Å². The van der Waals surface area contributed by atoms with E-state index in [1.807, 2.05) is 0 Å². The normalized spacial score (nSPS) is 26.8. The minimum absolute atomic E-state index is 0.599. The molecule has 0 aromatic carbocycles. The summed E-state index contributed by atoms with van der Waals surface area (Å²) in [6.45, 7) is 2.22. The Kier molecular flexibility index (Phi) is 4.12. The third kappa shape index (κ3) is 2.50. The largest absolute Gasteiger partial charge is 0.411 e. The van der Waals surface area contributed by atoms with Gasteiger partial charge < -0.3 is 5.21 Å². The van der Waals surface area contributed by atoms with Crippen molar-refractivity contribution in [1.82, 2.24) is 0 Å². The fourth-order valence-corrected chi connectivity index (χ4v) is 1.98. The van der Waals surface area contributed by atoms with E-state index < -0.39 is 0 Å². The second-order valence-electron chi connectivity index (χ2n) is 3.68. The minimum atomic E-state index is 0.599. The van der Waals surface area contributed by atoms with Gasteiger partial charge in [0.25, 0.3) is 0 Å². The van der Waals surface area contributed by atoms with E-state index in [-0.39, 0.29) is 0 Å². The van der Waals surface area contributed by atoms with Crippen LogP contribution in [-0.2, 0) is 0 Å². The molecule has 2 heteroatoms. The number of rotatable bonds is 4. The van der Waals surface area contributed by atoms with Crippen LogP contribution in [0.1, 0.15) is 51.9 Å². The molecule has 1 saturated carbocycles. The molecule has 2 nitrogen and oxygen atoms in total. The van der Waals surface area contributed by atoms with Gasteiger partial charge in [0.05, 0.1) is 5.71 Å². The monoisotopic (exact) mass is 169 g/mol. The van der Waals surface area contributed by atoms with Crippen LogP contribution in [-0.4, -0.2) is 10.9 Å². The number of unbranched alkanes of at least 4 members (excludes halogenated alkanes) is 2. The maximum Gasteiger partial charge on any atom is 0.0601 e. The summed E-state index contributed by atoms with van der Waals surface area (Å²) in [4.78, 5) is 0. The maximum absolute atomic E-state index is 8.68. The van der Waals surface area contributed by atoms with E-state index in [1.165, 1.54) is 38.5 Å². The molecular formula is C10H19NO. The van der Waals surface area contributed by atoms with Crippen molar-refractivity contribution < 1.29 is 5.21 Å². The second kappa shape index (κ2) is 5.18. The summed E-state index contributed by atoms with van der Waals surface area (Å²) >= 11 is 0. The van der Waals surface area contributed by atoms with Crippen LogP contribution in [0.4, 0.5) is 0 Å². The van der Waals surface area contributed by atoms with E-state index in [0.717, 1.165) is 12.1 Å². The van der Waals surface area contributed by atoms with Gasteiger partial charge in [-0.2, -0.15) is 0 Å². The third-order valence-electron chi connectivity index (χ3n) is 2.74. The lowest BCUT2D eigenvalue weighted by molar-refractivity contribution is 0.314. The summed E-state index contributed by atoms with van der Waals surface area (Å²) in [6.07, 6.45) is 8.59. The Morgan fingerprint density at radius 3 is 3.00 bits per heavy atom. The van der Waals surface area contributed by atoms with Crippen molar-refractivity contribution in [1.29, 1.82) is 0 Å². The maximum atomic E-state index is 8.68. The topological polar surface area (TPSA) is 32.6 Å². The number of hydrogen-bond donors (Lipinski definition) is 1. The summed E-state index contributed by atoms with van der Waals surface area (Å²) in [7, 11) is 0. The molecule has 1 aliphatic rings. The van der Waals surface area contributed by atoms with Crippen LogP contribution in [0.15, 0.2) is 5.16 Å². The van der Waals surface area contributed by atoms with Gasteiger partial charge in [-0.1, -0.05) is 31.3 Å². The molecule has 0 amide bonds. The molecule has 0 radical (unpaired) electrons. The molecule has 0 heterocycles. The van der Waals surface area contributed by atoms with Crippen LogP contribution in [0, 0.1) is 5.92 Å². The lowest BCUT2D eigenvalue weighted by Crippen LogP contribution is -2.06. The Balaban J connectivity index is 2.22. The van der Waals surface area contributed by atoms with E-state index in [9.17, 15) is 0 Å². The van der Waals surface area contributed by atoms with E-state index in [1.54, 1.807) is 0 Å². The first-order chi connectivity index (χ1) is 5.88. The van der Waals surface area contributed by atoms with Crippen molar-refractivity contribution in [2.75, 3.05) is 0 Å². The molecule has 0 aromatic heterocycles. The van der Waals surface area contributed by atoms with Crippen molar-refractivity contribution in [3.05, 3.63) is 0 Å². The van der Waals surface area contributed by atoms with Crippen LogP contribution >= 0.6 is 0 Å². The Morgan fingerprint density at radius 1 is 1.50 bits per heavy atom. The van der Waals surface area contributed by atoms with Gasteiger partial charge in [0.15, 0.2) is 0 Å². The first kappa shape index (κ1) is 9.56. The van der Waals surface area contributed by atoms with E-state index >= 15 is 0 Å². The first-order valence-corrected chi connectivity index (χ1v) is 5.09. The average molecular weight is 169 g/mol. The predicted molar refractivity (Wildman–Crippen MR) is 50.7 cm³/mol. The van der Waals surface area contributed by atoms with Crippen LogP contribution in [0.2, 0.25) is 0 Å². The molecule has 1 fully saturated rings. The Morgan fingerprint density at radius 2 is 2.33 bits per heavy atom. The summed E-state index contributed by atoms with van der Waals surface area (Å²) in [5.74, 6) is 0.599. The smallest absolute Gasteiger partial charge is 0.0601 e. The quantitative estimate of drug-likeness (QED) is 0.391. The molecule has 1 N–H and O–H groups in total. The van der Waals surface area contributed by atoms with Crippen LogP contribution in [0.3, 0.4) is 0 Å². The summed E-state index contributed by atoms with van der Waals surface area (Å²) < 4.78 is 0. The second-order valence-corrected chi connectivity index (χ2v) is 3.68. The Hall–Kier alpha value is -0.530. The molecule has 0 bridgehead atoms. The van der Waals surface area contributed by atoms with Gasteiger partial charge in [-0.15, -0.1) is 0 Å². The highest BCUT2D eigenvalue weighted by Gasteiger charge is 2.21. The van der Waals surface area contributed by atoms with Gasteiger partial charge in [0.1, 0.15) is 0 Å². The van der Waals surface area contributed by atoms with Crippen molar-refractivity contribution in [3.8, 4) is 0 Å². The SMILES string of the molecule is CCCCCC1CCC/C1=N\O. The van der Waals surface area contributed by atoms with Crippen LogP contribution in [0.25, 0.3) is 0 Å². The summed E-state index contributed by atoms with van der Waals surface area (Å²) in [5, 5.41) is 12.0. The average Bonchev–Trinajstić information content (AvgIpc) is 2.52. The fraction of sp³-hybridized carbons (Fsp3) is 0.900. The molecule has 12 heavy (non-hydrogen) atoms. The summed E-state index contributed by atoms with van der Waals surface area (Å²) in [5.41, 5.74) is 1.05. The van der Waals surface area contributed by atoms with Crippen LogP contribution in [0.5, 0.6) is 0 Å². The first-order valence-electron chi connectivity index (χ1n) is 5.09. The number of hydrogen-bond acceptors (Lipinski definition) is 2. The van der Waals surface area contributed by atoms with Gasteiger partial charge >= 0.3 is 0 Å². The zero-order valence-corrected chi connectivity index (χ0v) is 7.92. The minimum Gasteiger partial charge on any atom is -0.411 e. The van der Waals surface area contributed by atoms with E-state index in [2.05, 4.69) is 12.1 Å². The Labute approximate surface area is 74.7 Å². The van der Waals surface area contributed by atoms with Crippen molar-refractivity contribution in [2.24, 2.45) is 11.1 Å². The molecular weight excluding hydrogens is 150 g/mol. The van der Waals surface area contributed by atoms with E-state index in [4.69, 9.17) is 5.21 Å². The van der Waals surface area contributed by atoms with Gasteiger partial charge in [-0.05, 0) is 25.7 Å². The molecule has 1 aliphatic carbocycles. The summed E-state index contributed by atoms with van der Waals surface area (Å²) in [6, 6.07) is 0. The molecule has 1 rings (SSSR count). The lowest BCUT2D eigenvalue weighted by Gasteiger charge is -2.08. The van der Waals surface area contributed by atoms with Gasteiger partial charge in [-0.3, -0.25) is 0 Å². The molecule has 0 aliphatic heterocycles. The molecule has 1 unspecified atom stereocenters. The number of oxime groups is 1. The zero-order chi connectivity index (χ0) is 8.81. The lowest BCUT2D eigenvalue weighted by atomic mass is 9.99. The van der Waals surface area contributed by atoms with Crippen molar-refractivity contribution >= 4 is 5.71 Å². The third-order valence-corrected chi connectivity index (χ3v) is 2.74. The Bertz CT molecular complexity index is 154. The highest BCUT2D eigenvalue weighted by Crippen LogP contribution is 2.27. The highest BCUT2D eigenvalue weighted by atomic mass is 16.4. The fourth-order valence-electron chi connectivity index (χ4n) is 1.98. The molecule has 1 atom stereocenters. The molecule has 70 valence electrons. The van der Waals surface area contributed by atoms with Crippen molar-refractivity contribution in [3.63, 3.8) is 0 Å². The van der Waals surface area contributed by atoms with Gasteiger partial charge in [0, 0.05) is 5.92 Å².